The first-order chi connectivity index (χ1) is 7.80. The van der Waals surface area contributed by atoms with Crippen LogP contribution >= 0.6 is 0 Å². The Kier molecular flexibility index (Phi) is 2.59. The van der Waals surface area contributed by atoms with Crippen molar-refractivity contribution in [3.05, 3.63) is 23.8 Å². The number of anilines is 1. The van der Waals surface area contributed by atoms with Gasteiger partial charge in [-0.25, -0.2) is 8.42 Å². The van der Waals surface area contributed by atoms with E-state index in [1.807, 2.05) is 0 Å². The molecule has 0 bridgehead atoms. The summed E-state index contributed by atoms with van der Waals surface area (Å²) in [7, 11) is -1.93. The molecule has 92 valence electrons. The molecule has 1 aliphatic heterocycles. The van der Waals surface area contributed by atoms with Gasteiger partial charge in [0.25, 0.3) is 5.91 Å². The normalized spacial score (nSPS) is 19.8. The molecular formula is C10H12N2O4S. The summed E-state index contributed by atoms with van der Waals surface area (Å²) < 4.78 is 22.8. The molecule has 0 fully saturated rings. The monoisotopic (exact) mass is 256 g/mol. The van der Waals surface area contributed by atoms with Gasteiger partial charge in [-0.15, -0.1) is 0 Å². The SMILES string of the molecule is CN1C(=O)c2cc(S(C)(=O)=O)ccc2NC1O. The highest BCUT2D eigenvalue weighted by atomic mass is 32.2. The van der Waals surface area contributed by atoms with E-state index in [2.05, 4.69) is 5.32 Å². The van der Waals surface area contributed by atoms with Crippen LogP contribution in [0, 0.1) is 0 Å². The highest BCUT2D eigenvalue weighted by Crippen LogP contribution is 2.26. The molecule has 1 aromatic rings. The second kappa shape index (κ2) is 3.71. The van der Waals surface area contributed by atoms with Gasteiger partial charge >= 0.3 is 0 Å². The molecule has 0 aromatic heterocycles. The minimum Gasteiger partial charge on any atom is -0.356 e. The van der Waals surface area contributed by atoms with Crippen molar-refractivity contribution in [3.8, 4) is 0 Å². The maximum absolute atomic E-state index is 11.8. The Hall–Kier alpha value is -1.60. The molecule has 1 heterocycles. The molecule has 0 spiro atoms. The van der Waals surface area contributed by atoms with E-state index < -0.39 is 22.1 Å². The third kappa shape index (κ3) is 1.98. The highest BCUT2D eigenvalue weighted by molar-refractivity contribution is 7.90. The fourth-order valence-electron chi connectivity index (χ4n) is 1.59. The lowest BCUT2D eigenvalue weighted by molar-refractivity contribution is 0.0302. The number of hydrogen-bond acceptors (Lipinski definition) is 5. The molecule has 1 aliphatic rings. The lowest BCUT2D eigenvalue weighted by atomic mass is 10.1. The van der Waals surface area contributed by atoms with Gasteiger partial charge in [-0.2, -0.15) is 0 Å². The average Bonchev–Trinajstić information content (AvgIpc) is 2.24. The summed E-state index contributed by atoms with van der Waals surface area (Å²) in [5, 5.41) is 12.2. The number of aliphatic hydroxyl groups excluding tert-OH is 1. The smallest absolute Gasteiger partial charge is 0.259 e. The van der Waals surface area contributed by atoms with Crippen molar-refractivity contribution >= 4 is 21.4 Å². The van der Waals surface area contributed by atoms with E-state index in [-0.39, 0.29) is 10.5 Å². The quantitative estimate of drug-likeness (QED) is 0.730. The van der Waals surface area contributed by atoms with Crippen LogP contribution in [-0.2, 0) is 9.84 Å². The number of nitrogens with zero attached hydrogens (tertiary/aromatic N) is 1. The lowest BCUT2D eigenvalue weighted by Gasteiger charge is -2.31. The molecule has 0 saturated carbocycles. The summed E-state index contributed by atoms with van der Waals surface area (Å²) in [6.07, 6.45) is -0.0207. The standard InChI is InChI=1S/C10H12N2O4S/c1-12-9(13)7-5-6(17(2,15)16)3-4-8(7)11-10(12)14/h3-5,10-11,14H,1-2H3. The molecule has 0 saturated heterocycles. The molecule has 1 unspecified atom stereocenters. The Morgan fingerprint density at radius 2 is 2.06 bits per heavy atom. The fraction of sp³-hybridized carbons (Fsp3) is 0.300. The topological polar surface area (TPSA) is 86.7 Å². The second-order valence-electron chi connectivity index (χ2n) is 3.91. The van der Waals surface area contributed by atoms with Gasteiger partial charge < -0.3 is 10.4 Å². The van der Waals surface area contributed by atoms with Gasteiger partial charge in [0, 0.05) is 13.3 Å². The van der Waals surface area contributed by atoms with Gasteiger partial charge in [0.05, 0.1) is 16.1 Å². The molecule has 0 radical (unpaired) electrons. The summed E-state index contributed by atoms with van der Waals surface area (Å²) in [4.78, 5) is 13.0. The minimum absolute atomic E-state index is 0.0798. The number of sulfone groups is 1. The van der Waals surface area contributed by atoms with E-state index >= 15 is 0 Å². The van der Waals surface area contributed by atoms with Crippen molar-refractivity contribution in [3.63, 3.8) is 0 Å². The zero-order chi connectivity index (χ0) is 12.8. The molecule has 17 heavy (non-hydrogen) atoms. The van der Waals surface area contributed by atoms with Crippen LogP contribution in [0.2, 0.25) is 0 Å². The maximum Gasteiger partial charge on any atom is 0.259 e. The maximum atomic E-state index is 11.8. The van der Waals surface area contributed by atoms with E-state index in [1.165, 1.54) is 25.2 Å². The van der Waals surface area contributed by atoms with Crippen molar-refractivity contribution in [2.24, 2.45) is 0 Å². The minimum atomic E-state index is -3.35. The lowest BCUT2D eigenvalue weighted by Crippen LogP contribution is -2.46. The second-order valence-corrected chi connectivity index (χ2v) is 5.93. The van der Waals surface area contributed by atoms with Gasteiger partial charge in [-0.1, -0.05) is 0 Å². The van der Waals surface area contributed by atoms with E-state index in [0.717, 1.165) is 11.2 Å². The van der Waals surface area contributed by atoms with Crippen molar-refractivity contribution in [1.29, 1.82) is 0 Å². The zero-order valence-electron chi connectivity index (χ0n) is 9.34. The average molecular weight is 256 g/mol. The number of amides is 1. The zero-order valence-corrected chi connectivity index (χ0v) is 10.2. The summed E-state index contributed by atoms with van der Waals surface area (Å²) in [6, 6.07) is 4.18. The highest BCUT2D eigenvalue weighted by Gasteiger charge is 2.28. The first kappa shape index (κ1) is 11.9. The summed E-state index contributed by atoms with van der Waals surface area (Å²) in [5.41, 5.74) is 0.661. The van der Waals surface area contributed by atoms with E-state index in [4.69, 9.17) is 0 Å². The van der Waals surface area contributed by atoms with Crippen molar-refractivity contribution < 1.29 is 18.3 Å². The Morgan fingerprint density at radius 1 is 1.41 bits per heavy atom. The van der Waals surface area contributed by atoms with Gasteiger partial charge in [0.15, 0.2) is 9.84 Å². The van der Waals surface area contributed by atoms with E-state index in [0.29, 0.717) is 5.69 Å². The summed E-state index contributed by atoms with van der Waals surface area (Å²) in [5.74, 6) is -0.420. The third-order valence-corrected chi connectivity index (χ3v) is 3.73. The Balaban J connectivity index is 2.57. The van der Waals surface area contributed by atoms with Crippen molar-refractivity contribution in [2.75, 3.05) is 18.6 Å². The van der Waals surface area contributed by atoms with Crippen LogP contribution in [0.15, 0.2) is 23.1 Å². The first-order valence-corrected chi connectivity index (χ1v) is 6.76. The molecule has 1 aromatic carbocycles. The predicted octanol–water partition coefficient (Wildman–Crippen LogP) is -0.137. The molecule has 0 aliphatic carbocycles. The molecule has 2 rings (SSSR count). The number of fused-ring (bicyclic) bond motifs is 1. The van der Waals surface area contributed by atoms with Crippen LogP contribution < -0.4 is 5.32 Å². The van der Waals surface area contributed by atoms with Crippen LogP contribution in [0.25, 0.3) is 0 Å². The molecule has 7 heteroatoms. The molecule has 2 N–H and O–H groups in total. The fourth-order valence-corrected chi connectivity index (χ4v) is 2.24. The Bertz CT molecular complexity index is 582. The largest absolute Gasteiger partial charge is 0.356 e. The van der Waals surface area contributed by atoms with E-state index in [1.54, 1.807) is 0 Å². The van der Waals surface area contributed by atoms with Crippen molar-refractivity contribution in [2.45, 2.75) is 11.2 Å². The van der Waals surface area contributed by atoms with Gasteiger partial charge in [0.1, 0.15) is 0 Å². The molecular weight excluding hydrogens is 244 g/mol. The number of carbonyl (C=O) groups is 1. The molecule has 6 nitrogen and oxygen atoms in total. The van der Waals surface area contributed by atoms with E-state index in [9.17, 15) is 18.3 Å². The van der Waals surface area contributed by atoms with Crippen LogP contribution in [-0.4, -0.2) is 44.0 Å². The number of carbonyl (C=O) groups excluding carboxylic acids is 1. The molecule has 1 amide bonds. The number of benzene rings is 1. The van der Waals surface area contributed by atoms with Gasteiger partial charge in [-0.3, -0.25) is 9.69 Å². The third-order valence-electron chi connectivity index (χ3n) is 2.62. The molecule has 1 atom stereocenters. The predicted molar refractivity (Wildman–Crippen MR) is 61.3 cm³/mol. The van der Waals surface area contributed by atoms with Crippen LogP contribution in [0.5, 0.6) is 0 Å². The summed E-state index contributed by atoms with van der Waals surface area (Å²) >= 11 is 0. The summed E-state index contributed by atoms with van der Waals surface area (Å²) in [6.45, 7) is 0. The van der Waals surface area contributed by atoms with Crippen LogP contribution in [0.1, 0.15) is 10.4 Å². The van der Waals surface area contributed by atoms with Crippen molar-refractivity contribution in [1.82, 2.24) is 4.90 Å². The Labute approximate surface area is 98.8 Å². The number of hydrogen-bond donors (Lipinski definition) is 2. The van der Waals surface area contributed by atoms with Gasteiger partial charge in [0.2, 0.25) is 6.35 Å². The Morgan fingerprint density at radius 3 is 2.65 bits per heavy atom. The number of aliphatic hydroxyl groups is 1. The van der Waals surface area contributed by atoms with Gasteiger partial charge in [-0.05, 0) is 18.2 Å². The van der Waals surface area contributed by atoms with Crippen LogP contribution in [0.3, 0.4) is 0 Å². The number of rotatable bonds is 1. The van der Waals surface area contributed by atoms with Crippen LogP contribution in [0.4, 0.5) is 5.69 Å². The first-order valence-electron chi connectivity index (χ1n) is 4.86. The number of nitrogens with one attached hydrogen (secondary N) is 1.